The molecule has 32 heavy (non-hydrogen) atoms. The first kappa shape index (κ1) is 23.2. The second-order valence-corrected chi connectivity index (χ2v) is 8.63. The van der Waals surface area contributed by atoms with E-state index in [1.54, 1.807) is 0 Å². The minimum Gasteiger partial charge on any atom is -0.443 e. The van der Waals surface area contributed by atoms with Gasteiger partial charge in [-0.15, -0.1) is 5.10 Å². The fourth-order valence-electron chi connectivity index (χ4n) is 4.29. The normalized spacial score (nSPS) is 29.2. The van der Waals surface area contributed by atoms with Crippen LogP contribution in [0.15, 0.2) is 24.3 Å². The second kappa shape index (κ2) is 9.86. The molecule has 2 saturated heterocycles. The van der Waals surface area contributed by atoms with Gasteiger partial charge in [-0.3, -0.25) is 4.68 Å². The lowest BCUT2D eigenvalue weighted by Crippen LogP contribution is -2.60. The van der Waals surface area contributed by atoms with Gasteiger partial charge in [-0.1, -0.05) is 29.8 Å². The number of aliphatic hydroxyl groups excluding tert-OH is 4. The lowest BCUT2D eigenvalue weighted by Gasteiger charge is -2.39. The van der Waals surface area contributed by atoms with Gasteiger partial charge in [0, 0.05) is 30.9 Å². The highest BCUT2D eigenvalue weighted by atomic mass is 16.7. The van der Waals surface area contributed by atoms with Crippen LogP contribution in [0.2, 0.25) is 0 Å². The molecule has 3 heterocycles. The summed E-state index contributed by atoms with van der Waals surface area (Å²) < 4.78 is 19.0. The van der Waals surface area contributed by atoms with Gasteiger partial charge in [-0.05, 0) is 32.3 Å². The Morgan fingerprint density at radius 2 is 1.72 bits per heavy atom. The summed E-state index contributed by atoms with van der Waals surface area (Å²) in [4.78, 5) is 0. The zero-order valence-corrected chi connectivity index (χ0v) is 18.4. The highest BCUT2D eigenvalue weighted by Gasteiger charge is 2.45. The molecule has 0 bridgehead atoms. The Kier molecular flexibility index (Phi) is 7.14. The van der Waals surface area contributed by atoms with Crippen molar-refractivity contribution in [3.05, 3.63) is 46.6 Å². The second-order valence-electron chi connectivity index (χ2n) is 8.63. The molecule has 2 aliphatic heterocycles. The van der Waals surface area contributed by atoms with Crippen LogP contribution in [0.3, 0.4) is 0 Å². The summed E-state index contributed by atoms with van der Waals surface area (Å²) in [6, 6.07) is 8.38. The van der Waals surface area contributed by atoms with Gasteiger partial charge in [0.2, 0.25) is 12.2 Å². The van der Waals surface area contributed by atoms with Gasteiger partial charge in [0.05, 0.1) is 12.6 Å². The molecule has 0 saturated carbocycles. The Hall–Kier alpha value is -2.01. The summed E-state index contributed by atoms with van der Waals surface area (Å²) in [7, 11) is 0. The highest BCUT2D eigenvalue weighted by molar-refractivity contribution is 5.37. The number of hydrogen-bond donors (Lipinski definition) is 4. The van der Waals surface area contributed by atoms with Crippen LogP contribution in [0, 0.1) is 13.8 Å². The van der Waals surface area contributed by atoms with Crippen LogP contribution < -0.4 is 4.74 Å². The number of nitrogens with zero attached hydrogens (tertiary/aromatic N) is 2. The maximum absolute atomic E-state index is 10.4. The minimum absolute atomic E-state index is 0.174. The van der Waals surface area contributed by atoms with Gasteiger partial charge in [-0.25, -0.2) is 0 Å². The summed E-state index contributed by atoms with van der Waals surface area (Å²) in [6.45, 7) is 4.84. The van der Waals surface area contributed by atoms with E-state index in [1.807, 2.05) is 30.7 Å². The Morgan fingerprint density at radius 3 is 2.38 bits per heavy atom. The number of aliphatic hydroxyl groups is 4. The first-order chi connectivity index (χ1) is 15.4. The first-order valence-corrected chi connectivity index (χ1v) is 11.1. The third kappa shape index (κ3) is 4.68. The van der Waals surface area contributed by atoms with Crippen LogP contribution in [0.1, 0.15) is 41.3 Å². The largest absolute Gasteiger partial charge is 0.443 e. The molecule has 5 atom stereocenters. The maximum atomic E-state index is 10.4. The molecule has 2 aromatic rings. The van der Waals surface area contributed by atoms with Crippen LogP contribution in [-0.2, 0) is 15.9 Å². The predicted molar refractivity (Wildman–Crippen MR) is 114 cm³/mol. The molecule has 9 heteroatoms. The SMILES string of the molecule is Cc1ccc(Cc2c(O[C@@H]3O[C@H](CO)[C@@H](O)[C@H](O)[C@H]3O)nn(C3CCOCC3)c2C)cc1. The molecule has 1 aromatic carbocycles. The number of aryl methyl sites for hydroxylation is 1. The summed E-state index contributed by atoms with van der Waals surface area (Å²) in [5.41, 5.74) is 4.07. The lowest BCUT2D eigenvalue weighted by molar-refractivity contribution is -0.278. The molecular formula is C23H32N2O7. The van der Waals surface area contributed by atoms with Crippen LogP contribution in [0.4, 0.5) is 0 Å². The topological polar surface area (TPSA) is 126 Å². The average molecular weight is 449 g/mol. The van der Waals surface area contributed by atoms with E-state index < -0.39 is 37.3 Å². The van der Waals surface area contributed by atoms with Gasteiger partial charge in [0.15, 0.2) is 0 Å². The van der Waals surface area contributed by atoms with Crippen molar-refractivity contribution in [2.24, 2.45) is 0 Å². The third-order valence-electron chi connectivity index (χ3n) is 6.35. The monoisotopic (exact) mass is 448 g/mol. The molecule has 0 unspecified atom stereocenters. The van der Waals surface area contributed by atoms with E-state index in [4.69, 9.17) is 19.3 Å². The Bertz CT molecular complexity index is 892. The van der Waals surface area contributed by atoms with Crippen LogP contribution in [0.5, 0.6) is 5.88 Å². The first-order valence-electron chi connectivity index (χ1n) is 11.1. The van der Waals surface area contributed by atoms with Gasteiger partial charge >= 0.3 is 0 Å². The quantitative estimate of drug-likeness (QED) is 0.507. The molecule has 9 nitrogen and oxygen atoms in total. The molecule has 2 aliphatic rings. The van der Waals surface area contributed by atoms with Gasteiger partial charge in [0.1, 0.15) is 24.4 Å². The zero-order valence-electron chi connectivity index (χ0n) is 18.4. The van der Waals surface area contributed by atoms with Crippen molar-refractivity contribution < 1.29 is 34.6 Å². The van der Waals surface area contributed by atoms with Crippen molar-refractivity contribution in [1.29, 1.82) is 0 Å². The number of aromatic nitrogens is 2. The van der Waals surface area contributed by atoms with Crippen molar-refractivity contribution in [2.45, 2.75) is 69.9 Å². The molecule has 1 aromatic heterocycles. The van der Waals surface area contributed by atoms with E-state index in [0.29, 0.717) is 25.5 Å². The Balaban J connectivity index is 1.65. The number of benzene rings is 1. The minimum atomic E-state index is -1.51. The fourth-order valence-corrected chi connectivity index (χ4v) is 4.29. The fraction of sp³-hybridized carbons (Fsp3) is 0.609. The van der Waals surface area contributed by atoms with Gasteiger partial charge in [-0.2, -0.15) is 0 Å². The number of rotatable bonds is 6. The molecule has 0 spiro atoms. The van der Waals surface area contributed by atoms with Crippen molar-refractivity contribution >= 4 is 0 Å². The molecule has 0 amide bonds. The van der Waals surface area contributed by atoms with Gasteiger partial charge < -0.3 is 34.6 Å². The number of ether oxygens (including phenoxy) is 3. The molecule has 0 radical (unpaired) electrons. The van der Waals surface area contributed by atoms with Crippen LogP contribution >= 0.6 is 0 Å². The zero-order chi connectivity index (χ0) is 22.8. The molecule has 2 fully saturated rings. The van der Waals surface area contributed by atoms with E-state index in [0.717, 1.165) is 29.7 Å². The predicted octanol–water partition coefficient (Wildman–Crippen LogP) is 0.621. The summed E-state index contributed by atoms with van der Waals surface area (Å²) >= 11 is 0. The summed E-state index contributed by atoms with van der Waals surface area (Å²) in [5.74, 6) is 0.305. The Labute approximate surface area is 187 Å². The third-order valence-corrected chi connectivity index (χ3v) is 6.35. The maximum Gasteiger partial charge on any atom is 0.239 e. The van der Waals surface area contributed by atoms with E-state index >= 15 is 0 Å². The summed E-state index contributed by atoms with van der Waals surface area (Å²) in [5, 5.41) is 44.8. The van der Waals surface area contributed by atoms with Crippen molar-refractivity contribution in [3.63, 3.8) is 0 Å². The summed E-state index contributed by atoms with van der Waals surface area (Å²) in [6.07, 6.45) is -4.51. The highest BCUT2D eigenvalue weighted by Crippen LogP contribution is 2.32. The van der Waals surface area contributed by atoms with Crippen molar-refractivity contribution in [2.75, 3.05) is 19.8 Å². The smallest absolute Gasteiger partial charge is 0.239 e. The molecule has 4 N–H and O–H groups in total. The lowest BCUT2D eigenvalue weighted by atomic mass is 9.99. The van der Waals surface area contributed by atoms with Crippen LogP contribution in [0.25, 0.3) is 0 Å². The van der Waals surface area contributed by atoms with E-state index in [-0.39, 0.29) is 6.04 Å². The van der Waals surface area contributed by atoms with Crippen molar-refractivity contribution in [1.82, 2.24) is 9.78 Å². The Morgan fingerprint density at radius 1 is 1.03 bits per heavy atom. The molecule has 176 valence electrons. The van der Waals surface area contributed by atoms with Crippen LogP contribution in [-0.4, -0.2) is 80.7 Å². The molecular weight excluding hydrogens is 416 g/mol. The molecule has 0 aliphatic carbocycles. The van der Waals surface area contributed by atoms with Gasteiger partial charge in [0.25, 0.3) is 0 Å². The van der Waals surface area contributed by atoms with Crippen molar-refractivity contribution in [3.8, 4) is 5.88 Å². The standard InChI is InChI=1S/C23H32N2O7/c1-13-3-5-15(6-4-13)11-17-14(2)25(16-7-9-30-10-8-16)24-22(17)32-23-21(29)20(28)19(27)18(12-26)31-23/h3-6,16,18-21,23,26-29H,7-12H2,1-2H3/t18-,19-,20+,21-,23+/m1/s1. The number of hydrogen-bond acceptors (Lipinski definition) is 8. The van der Waals surface area contributed by atoms with E-state index in [9.17, 15) is 20.4 Å². The van der Waals surface area contributed by atoms with E-state index in [1.165, 1.54) is 5.56 Å². The van der Waals surface area contributed by atoms with E-state index in [2.05, 4.69) is 12.1 Å². The average Bonchev–Trinajstić information content (AvgIpc) is 3.11. The molecule has 4 rings (SSSR count).